The first-order chi connectivity index (χ1) is 10.5. The summed E-state index contributed by atoms with van der Waals surface area (Å²) in [7, 11) is 0. The molecule has 1 aliphatic heterocycles. The van der Waals surface area contributed by atoms with Crippen molar-refractivity contribution in [1.29, 1.82) is 0 Å². The van der Waals surface area contributed by atoms with E-state index in [1.165, 1.54) is 16.7 Å². The second-order valence-corrected chi connectivity index (χ2v) is 6.79. The SMILES string of the molecule is CC(C)N1C(=O)SC(=Cc2ccc(Sc3ncc[nH]3)o2)C1=O. The maximum absolute atomic E-state index is 12.2. The normalized spacial score (nSPS) is 17.2. The van der Waals surface area contributed by atoms with E-state index in [0.717, 1.165) is 16.9 Å². The van der Waals surface area contributed by atoms with Crippen molar-refractivity contribution in [2.75, 3.05) is 0 Å². The molecule has 0 atom stereocenters. The number of furan rings is 1. The summed E-state index contributed by atoms with van der Waals surface area (Å²) in [5.74, 6) is 0.255. The molecule has 22 heavy (non-hydrogen) atoms. The van der Waals surface area contributed by atoms with Crippen molar-refractivity contribution in [3.63, 3.8) is 0 Å². The summed E-state index contributed by atoms with van der Waals surface area (Å²) in [6.45, 7) is 3.62. The smallest absolute Gasteiger partial charge is 0.293 e. The van der Waals surface area contributed by atoms with E-state index < -0.39 is 0 Å². The van der Waals surface area contributed by atoms with Crippen LogP contribution in [0.15, 0.2) is 44.1 Å². The van der Waals surface area contributed by atoms with Gasteiger partial charge in [0.05, 0.1) is 4.91 Å². The van der Waals surface area contributed by atoms with E-state index in [2.05, 4.69) is 9.97 Å². The van der Waals surface area contributed by atoms with Crippen LogP contribution in [0.4, 0.5) is 4.79 Å². The number of carbonyl (C=O) groups excluding carboxylic acids is 2. The summed E-state index contributed by atoms with van der Waals surface area (Å²) in [5, 5.41) is 1.13. The van der Waals surface area contributed by atoms with Gasteiger partial charge in [0.1, 0.15) is 5.76 Å². The number of H-pyrrole nitrogens is 1. The monoisotopic (exact) mass is 335 g/mol. The third kappa shape index (κ3) is 2.97. The fourth-order valence-electron chi connectivity index (χ4n) is 1.92. The summed E-state index contributed by atoms with van der Waals surface area (Å²) in [5.41, 5.74) is 0. The molecule has 2 aromatic heterocycles. The third-order valence-electron chi connectivity index (χ3n) is 2.89. The number of aromatic nitrogens is 2. The van der Waals surface area contributed by atoms with E-state index in [9.17, 15) is 9.59 Å². The highest BCUT2D eigenvalue weighted by Crippen LogP contribution is 2.34. The van der Waals surface area contributed by atoms with Gasteiger partial charge in [-0.1, -0.05) is 0 Å². The minimum absolute atomic E-state index is 0.153. The summed E-state index contributed by atoms with van der Waals surface area (Å²) in [6.07, 6.45) is 4.99. The molecular weight excluding hydrogens is 322 g/mol. The van der Waals surface area contributed by atoms with Gasteiger partial charge in [0.2, 0.25) is 0 Å². The van der Waals surface area contributed by atoms with Gasteiger partial charge in [-0.15, -0.1) is 0 Å². The van der Waals surface area contributed by atoms with E-state index >= 15 is 0 Å². The molecule has 0 spiro atoms. The molecule has 114 valence electrons. The molecule has 8 heteroatoms. The number of hydrogen-bond acceptors (Lipinski definition) is 6. The lowest BCUT2D eigenvalue weighted by molar-refractivity contribution is -0.123. The zero-order valence-corrected chi connectivity index (χ0v) is 13.5. The number of amides is 2. The maximum Gasteiger partial charge on any atom is 0.293 e. The van der Waals surface area contributed by atoms with Crippen LogP contribution in [-0.2, 0) is 4.79 Å². The van der Waals surface area contributed by atoms with Crippen LogP contribution in [0.5, 0.6) is 0 Å². The number of nitrogens with zero attached hydrogens (tertiary/aromatic N) is 2. The first-order valence-electron chi connectivity index (χ1n) is 6.58. The average molecular weight is 335 g/mol. The van der Waals surface area contributed by atoms with Crippen molar-refractivity contribution in [2.24, 2.45) is 0 Å². The number of rotatable bonds is 4. The van der Waals surface area contributed by atoms with Gasteiger partial charge in [-0.05, 0) is 49.5 Å². The zero-order valence-electron chi connectivity index (χ0n) is 11.9. The van der Waals surface area contributed by atoms with Crippen molar-refractivity contribution in [3.8, 4) is 0 Å². The van der Waals surface area contributed by atoms with Crippen molar-refractivity contribution in [3.05, 3.63) is 35.2 Å². The molecule has 0 aromatic carbocycles. The van der Waals surface area contributed by atoms with Crippen LogP contribution in [0.2, 0.25) is 0 Å². The number of imide groups is 1. The maximum atomic E-state index is 12.2. The van der Waals surface area contributed by atoms with Crippen LogP contribution >= 0.6 is 23.5 Å². The summed E-state index contributed by atoms with van der Waals surface area (Å²) < 4.78 is 5.63. The highest BCUT2D eigenvalue weighted by atomic mass is 32.2. The predicted octanol–water partition coefficient (Wildman–Crippen LogP) is 3.60. The van der Waals surface area contributed by atoms with Crippen LogP contribution in [0, 0.1) is 0 Å². The van der Waals surface area contributed by atoms with Gasteiger partial charge in [-0.2, -0.15) is 0 Å². The number of aromatic amines is 1. The Labute approximate surface area is 135 Å². The Morgan fingerprint density at radius 1 is 1.41 bits per heavy atom. The van der Waals surface area contributed by atoms with Crippen LogP contribution in [-0.4, -0.2) is 32.1 Å². The Kier molecular flexibility index (Phi) is 4.12. The second kappa shape index (κ2) is 6.05. The van der Waals surface area contributed by atoms with Crippen molar-refractivity contribution in [1.82, 2.24) is 14.9 Å². The molecule has 2 aromatic rings. The van der Waals surface area contributed by atoms with Crippen molar-refractivity contribution >= 4 is 40.7 Å². The molecule has 0 unspecified atom stereocenters. The molecule has 1 fully saturated rings. The predicted molar refractivity (Wildman–Crippen MR) is 84.4 cm³/mol. The lowest BCUT2D eigenvalue weighted by atomic mass is 10.3. The summed E-state index contributed by atoms with van der Waals surface area (Å²) >= 11 is 2.28. The van der Waals surface area contributed by atoms with Crippen molar-refractivity contribution < 1.29 is 14.0 Å². The minimum Gasteiger partial charge on any atom is -0.450 e. The van der Waals surface area contributed by atoms with Crippen LogP contribution < -0.4 is 0 Å². The quantitative estimate of drug-likeness (QED) is 0.860. The van der Waals surface area contributed by atoms with E-state index in [1.807, 2.05) is 13.8 Å². The molecule has 3 rings (SSSR count). The van der Waals surface area contributed by atoms with E-state index in [4.69, 9.17) is 4.42 Å². The standard InChI is InChI=1S/C14H13N3O3S2/c1-8(2)17-12(18)10(21-14(17)19)7-9-3-4-11(20-9)22-13-15-5-6-16-13/h3-8H,1-2H3,(H,15,16). The highest BCUT2D eigenvalue weighted by molar-refractivity contribution is 8.18. The van der Waals surface area contributed by atoms with Gasteiger partial charge in [-0.3, -0.25) is 14.5 Å². The Balaban J connectivity index is 1.77. The van der Waals surface area contributed by atoms with Crippen LogP contribution in [0.1, 0.15) is 19.6 Å². The van der Waals surface area contributed by atoms with Crippen molar-refractivity contribution in [2.45, 2.75) is 30.1 Å². The van der Waals surface area contributed by atoms with Gasteiger partial charge in [-0.25, -0.2) is 4.98 Å². The van der Waals surface area contributed by atoms with Gasteiger partial charge in [0, 0.05) is 24.5 Å². The molecule has 2 amide bonds. The molecule has 0 saturated carbocycles. The third-order valence-corrected chi connectivity index (χ3v) is 4.61. The number of nitrogens with one attached hydrogen (secondary N) is 1. The molecule has 0 aliphatic carbocycles. The Morgan fingerprint density at radius 2 is 2.23 bits per heavy atom. The van der Waals surface area contributed by atoms with E-state index in [-0.39, 0.29) is 17.2 Å². The second-order valence-electron chi connectivity index (χ2n) is 4.80. The minimum atomic E-state index is -0.276. The molecule has 0 radical (unpaired) electrons. The zero-order chi connectivity index (χ0) is 15.7. The number of hydrogen-bond donors (Lipinski definition) is 1. The van der Waals surface area contributed by atoms with Crippen LogP contribution in [0.3, 0.4) is 0 Å². The van der Waals surface area contributed by atoms with Crippen LogP contribution in [0.25, 0.3) is 6.08 Å². The van der Waals surface area contributed by atoms with E-state index in [0.29, 0.717) is 15.8 Å². The molecule has 1 aliphatic rings. The molecular formula is C14H13N3O3S2. The first kappa shape index (κ1) is 15.0. The number of imidazole rings is 1. The Morgan fingerprint density at radius 3 is 2.86 bits per heavy atom. The number of thioether (sulfide) groups is 1. The lowest BCUT2D eigenvalue weighted by Crippen LogP contribution is -2.34. The first-order valence-corrected chi connectivity index (χ1v) is 8.22. The highest BCUT2D eigenvalue weighted by Gasteiger charge is 2.36. The Bertz CT molecular complexity index is 734. The Hall–Kier alpha value is -1.93. The fourth-order valence-corrected chi connectivity index (χ4v) is 3.57. The fraction of sp³-hybridized carbons (Fsp3) is 0.214. The molecule has 3 heterocycles. The molecule has 1 saturated heterocycles. The molecule has 1 N–H and O–H groups in total. The van der Waals surface area contributed by atoms with Gasteiger partial charge < -0.3 is 9.40 Å². The van der Waals surface area contributed by atoms with E-state index in [1.54, 1.807) is 30.6 Å². The topological polar surface area (TPSA) is 79.2 Å². The molecule has 0 bridgehead atoms. The number of carbonyl (C=O) groups is 2. The van der Waals surface area contributed by atoms with Gasteiger partial charge in [0.15, 0.2) is 10.2 Å². The molecule has 6 nitrogen and oxygen atoms in total. The average Bonchev–Trinajstić information content (AvgIpc) is 3.14. The van der Waals surface area contributed by atoms with Gasteiger partial charge in [0.25, 0.3) is 11.1 Å². The largest absolute Gasteiger partial charge is 0.450 e. The van der Waals surface area contributed by atoms with Gasteiger partial charge >= 0.3 is 0 Å². The lowest BCUT2D eigenvalue weighted by Gasteiger charge is -2.16. The summed E-state index contributed by atoms with van der Waals surface area (Å²) in [4.78, 5) is 32.7. The summed E-state index contributed by atoms with van der Waals surface area (Å²) in [6, 6.07) is 3.40.